The van der Waals surface area contributed by atoms with E-state index in [9.17, 15) is 8.42 Å². The summed E-state index contributed by atoms with van der Waals surface area (Å²) in [6.45, 7) is 1.20. The van der Waals surface area contributed by atoms with Gasteiger partial charge in [0.25, 0.3) is 0 Å². The zero-order valence-corrected chi connectivity index (χ0v) is 11.7. The van der Waals surface area contributed by atoms with E-state index in [1.54, 1.807) is 31.3 Å². The van der Waals surface area contributed by atoms with Crippen LogP contribution >= 0.6 is 0 Å². The normalized spacial score (nSPS) is 17.6. The van der Waals surface area contributed by atoms with Crippen molar-refractivity contribution in [2.75, 3.05) is 25.7 Å². The quantitative estimate of drug-likeness (QED) is 0.630. The molecule has 1 heterocycles. The molecule has 0 amide bonds. The Balaban J connectivity index is 2.30. The summed E-state index contributed by atoms with van der Waals surface area (Å²) in [7, 11) is -1.94. The molecule has 0 radical (unpaired) electrons. The third kappa shape index (κ3) is 2.89. The molecule has 19 heavy (non-hydrogen) atoms. The van der Waals surface area contributed by atoms with E-state index in [2.05, 4.69) is 5.43 Å². The van der Waals surface area contributed by atoms with Gasteiger partial charge >= 0.3 is 0 Å². The third-order valence-electron chi connectivity index (χ3n) is 3.40. The highest BCUT2D eigenvalue weighted by molar-refractivity contribution is 7.89. The minimum Gasteiger partial charge on any atom is -0.381 e. The van der Waals surface area contributed by atoms with E-state index in [0.29, 0.717) is 31.7 Å². The van der Waals surface area contributed by atoms with Crippen molar-refractivity contribution in [1.29, 1.82) is 0 Å². The van der Waals surface area contributed by atoms with E-state index >= 15 is 0 Å². The number of nitrogen functional groups attached to an aromatic ring is 1. The van der Waals surface area contributed by atoms with E-state index in [4.69, 9.17) is 10.6 Å². The monoisotopic (exact) mass is 285 g/mol. The highest BCUT2D eigenvalue weighted by Gasteiger charge is 2.30. The molecule has 1 aromatic rings. The van der Waals surface area contributed by atoms with Crippen LogP contribution in [0.4, 0.5) is 5.69 Å². The average Bonchev–Trinajstić information content (AvgIpc) is 2.47. The molecule has 1 saturated heterocycles. The highest BCUT2D eigenvalue weighted by atomic mass is 32.2. The number of anilines is 1. The summed E-state index contributed by atoms with van der Waals surface area (Å²) in [5.74, 6) is 5.37. The maximum Gasteiger partial charge on any atom is 0.245 e. The van der Waals surface area contributed by atoms with Crippen LogP contribution in [0, 0.1) is 0 Å². The van der Waals surface area contributed by atoms with Gasteiger partial charge in [0.2, 0.25) is 10.0 Å². The van der Waals surface area contributed by atoms with E-state index in [1.165, 1.54) is 4.31 Å². The second kappa shape index (κ2) is 5.87. The number of hydrogen-bond acceptors (Lipinski definition) is 5. The van der Waals surface area contributed by atoms with Gasteiger partial charge in [-0.3, -0.25) is 5.84 Å². The van der Waals surface area contributed by atoms with Gasteiger partial charge in [-0.05, 0) is 25.0 Å². The molecular weight excluding hydrogens is 266 g/mol. The van der Waals surface area contributed by atoms with Crippen LogP contribution < -0.4 is 11.3 Å². The molecule has 0 atom stereocenters. The zero-order valence-electron chi connectivity index (χ0n) is 10.9. The molecule has 1 fully saturated rings. The Morgan fingerprint density at radius 1 is 1.32 bits per heavy atom. The van der Waals surface area contributed by atoms with Gasteiger partial charge in [0.15, 0.2) is 0 Å². The summed E-state index contributed by atoms with van der Waals surface area (Å²) in [5.41, 5.74) is 2.83. The standard InChI is InChI=1S/C12H19N3O3S/c1-15(10-6-8-18-9-7-10)19(16,17)12-5-3-2-4-11(12)14-13/h2-5,10,14H,6-9,13H2,1H3. The van der Waals surface area contributed by atoms with Crippen LogP contribution in [-0.2, 0) is 14.8 Å². The number of ether oxygens (including phenoxy) is 1. The molecular formula is C12H19N3O3S. The van der Waals surface area contributed by atoms with Crippen molar-refractivity contribution in [1.82, 2.24) is 4.31 Å². The second-order valence-electron chi connectivity index (χ2n) is 4.51. The fourth-order valence-corrected chi connectivity index (χ4v) is 3.78. The molecule has 1 aliphatic heterocycles. The Morgan fingerprint density at radius 3 is 2.58 bits per heavy atom. The maximum absolute atomic E-state index is 12.6. The van der Waals surface area contributed by atoms with Crippen LogP contribution in [0.2, 0.25) is 0 Å². The first-order valence-corrected chi connectivity index (χ1v) is 7.63. The van der Waals surface area contributed by atoms with Crippen LogP contribution in [0.5, 0.6) is 0 Å². The lowest BCUT2D eigenvalue weighted by Crippen LogP contribution is -2.40. The van der Waals surface area contributed by atoms with Crippen molar-refractivity contribution in [2.24, 2.45) is 5.84 Å². The van der Waals surface area contributed by atoms with Crippen molar-refractivity contribution in [3.63, 3.8) is 0 Å². The molecule has 0 bridgehead atoms. The molecule has 2 rings (SSSR count). The largest absolute Gasteiger partial charge is 0.381 e. The Morgan fingerprint density at radius 2 is 1.95 bits per heavy atom. The molecule has 0 spiro atoms. The molecule has 7 heteroatoms. The first-order valence-electron chi connectivity index (χ1n) is 6.19. The summed E-state index contributed by atoms with van der Waals surface area (Å²) < 4.78 is 31.9. The Kier molecular flexibility index (Phi) is 4.41. The Hall–Kier alpha value is -1.15. The van der Waals surface area contributed by atoms with Crippen molar-refractivity contribution in [2.45, 2.75) is 23.8 Å². The van der Waals surface area contributed by atoms with E-state index in [1.807, 2.05) is 0 Å². The zero-order chi connectivity index (χ0) is 13.9. The smallest absolute Gasteiger partial charge is 0.245 e. The highest BCUT2D eigenvalue weighted by Crippen LogP contribution is 2.26. The molecule has 3 N–H and O–H groups in total. The predicted octanol–water partition coefficient (Wildman–Crippen LogP) is 0.772. The van der Waals surface area contributed by atoms with Crippen LogP contribution in [-0.4, -0.2) is 39.0 Å². The number of nitrogens with two attached hydrogens (primary N) is 1. The van der Waals surface area contributed by atoms with Gasteiger partial charge in [-0.2, -0.15) is 4.31 Å². The van der Waals surface area contributed by atoms with Gasteiger partial charge in [0.05, 0.1) is 5.69 Å². The summed E-state index contributed by atoms with van der Waals surface area (Å²) in [6, 6.07) is 6.60. The minimum atomic E-state index is -3.55. The topological polar surface area (TPSA) is 84.7 Å². The SMILES string of the molecule is CN(C1CCOCC1)S(=O)(=O)c1ccccc1NN. The van der Waals surface area contributed by atoms with Crippen molar-refractivity contribution < 1.29 is 13.2 Å². The van der Waals surface area contributed by atoms with Gasteiger partial charge in [-0.25, -0.2) is 8.42 Å². The minimum absolute atomic E-state index is 0.0235. The van der Waals surface area contributed by atoms with Crippen molar-refractivity contribution in [3.05, 3.63) is 24.3 Å². The number of nitrogens with one attached hydrogen (secondary N) is 1. The third-order valence-corrected chi connectivity index (χ3v) is 5.37. The maximum atomic E-state index is 12.6. The molecule has 0 saturated carbocycles. The summed E-state index contributed by atoms with van der Waals surface area (Å²) >= 11 is 0. The fourth-order valence-electron chi connectivity index (χ4n) is 2.21. The molecule has 6 nitrogen and oxygen atoms in total. The van der Waals surface area contributed by atoms with E-state index < -0.39 is 10.0 Å². The van der Waals surface area contributed by atoms with Crippen molar-refractivity contribution in [3.8, 4) is 0 Å². The van der Waals surface area contributed by atoms with Crippen LogP contribution in [0.15, 0.2) is 29.2 Å². The summed E-state index contributed by atoms with van der Waals surface area (Å²) in [5, 5.41) is 0. The molecule has 0 aliphatic carbocycles. The van der Waals surface area contributed by atoms with Gasteiger partial charge in [0.1, 0.15) is 4.90 Å². The van der Waals surface area contributed by atoms with Gasteiger partial charge < -0.3 is 10.2 Å². The van der Waals surface area contributed by atoms with Crippen LogP contribution in [0.25, 0.3) is 0 Å². The fraction of sp³-hybridized carbons (Fsp3) is 0.500. The first kappa shape index (κ1) is 14.3. The van der Waals surface area contributed by atoms with Gasteiger partial charge in [0, 0.05) is 26.3 Å². The van der Waals surface area contributed by atoms with E-state index in [-0.39, 0.29) is 10.9 Å². The second-order valence-corrected chi connectivity index (χ2v) is 6.47. The number of hydrogen-bond donors (Lipinski definition) is 2. The molecule has 0 aromatic heterocycles. The lowest BCUT2D eigenvalue weighted by molar-refractivity contribution is 0.0632. The van der Waals surface area contributed by atoms with Crippen molar-refractivity contribution >= 4 is 15.7 Å². The number of hydrazine groups is 1. The Bertz CT molecular complexity index is 527. The molecule has 1 aromatic carbocycles. The number of para-hydroxylation sites is 1. The summed E-state index contributed by atoms with van der Waals surface area (Å²) in [6.07, 6.45) is 1.43. The van der Waals surface area contributed by atoms with E-state index in [0.717, 1.165) is 0 Å². The number of nitrogens with zero attached hydrogens (tertiary/aromatic N) is 1. The first-order chi connectivity index (χ1) is 9.07. The average molecular weight is 285 g/mol. The van der Waals surface area contributed by atoms with Crippen LogP contribution in [0.1, 0.15) is 12.8 Å². The molecule has 0 unspecified atom stereocenters. The summed E-state index contributed by atoms with van der Waals surface area (Å²) in [4.78, 5) is 0.200. The lowest BCUT2D eigenvalue weighted by atomic mass is 10.1. The predicted molar refractivity (Wildman–Crippen MR) is 73.0 cm³/mol. The molecule has 106 valence electrons. The Labute approximate surface area is 113 Å². The lowest BCUT2D eigenvalue weighted by Gasteiger charge is -2.30. The van der Waals surface area contributed by atoms with Gasteiger partial charge in [-0.15, -0.1) is 0 Å². The number of sulfonamides is 1. The number of benzene rings is 1. The van der Waals surface area contributed by atoms with Gasteiger partial charge in [-0.1, -0.05) is 12.1 Å². The molecule has 1 aliphatic rings. The van der Waals surface area contributed by atoms with Crippen LogP contribution in [0.3, 0.4) is 0 Å². The number of rotatable bonds is 4.